The molecule has 0 atom stereocenters. The van der Waals surface area contributed by atoms with Crippen molar-refractivity contribution in [3.8, 4) is 0 Å². The van der Waals surface area contributed by atoms with Gasteiger partial charge in [0.15, 0.2) is 0 Å². The molecule has 21 heavy (non-hydrogen) atoms. The fourth-order valence-electron chi connectivity index (χ4n) is 2.49. The van der Waals surface area contributed by atoms with Crippen LogP contribution in [0.3, 0.4) is 0 Å². The number of benzene rings is 1. The first-order valence-corrected chi connectivity index (χ1v) is 8.86. The highest BCUT2D eigenvalue weighted by Crippen LogP contribution is 2.36. The normalized spacial score (nSPS) is 17.9. The number of alkyl halides is 3. The Kier molecular flexibility index (Phi) is 4.85. The minimum Gasteiger partial charge on any atom is -0.299 e. The molecule has 0 unspecified atom stereocenters. The maximum absolute atomic E-state index is 13.0. The predicted octanol–water partition coefficient (Wildman–Crippen LogP) is 3.62. The van der Waals surface area contributed by atoms with Crippen molar-refractivity contribution < 1.29 is 21.6 Å². The highest BCUT2D eigenvalue weighted by atomic mass is 35.7. The molecule has 1 aliphatic heterocycles. The van der Waals surface area contributed by atoms with Gasteiger partial charge in [0.2, 0.25) is 0 Å². The van der Waals surface area contributed by atoms with E-state index >= 15 is 0 Å². The Hall–Kier alpha value is -0.790. The molecule has 0 amide bonds. The minimum atomic E-state index is -4.75. The third kappa shape index (κ3) is 4.34. The molecule has 0 saturated carbocycles. The molecule has 1 heterocycles. The van der Waals surface area contributed by atoms with Gasteiger partial charge in [0.05, 0.1) is 10.5 Å². The molecule has 1 aliphatic rings. The molecule has 0 spiro atoms. The van der Waals surface area contributed by atoms with Gasteiger partial charge in [0, 0.05) is 17.2 Å². The van der Waals surface area contributed by atoms with Crippen molar-refractivity contribution in [1.82, 2.24) is 4.90 Å². The number of likely N-dealkylation sites (tertiary alicyclic amines) is 1. The molecule has 0 radical (unpaired) electrons. The number of halogens is 4. The van der Waals surface area contributed by atoms with E-state index in [-0.39, 0.29) is 0 Å². The summed E-state index contributed by atoms with van der Waals surface area (Å²) in [5, 5.41) is 0. The van der Waals surface area contributed by atoms with E-state index in [0.29, 0.717) is 12.1 Å². The van der Waals surface area contributed by atoms with Crippen LogP contribution >= 0.6 is 10.7 Å². The standard InChI is InChI=1S/C13H15ClF3NO2S/c14-21(19,20)12-5-4-10(8-11(12)13(15,16)17)9-18-6-2-1-3-7-18/h4-5,8H,1-3,6-7,9H2. The Morgan fingerprint density at radius 3 is 2.29 bits per heavy atom. The Morgan fingerprint density at radius 1 is 1.14 bits per heavy atom. The lowest BCUT2D eigenvalue weighted by atomic mass is 10.1. The molecule has 1 saturated heterocycles. The quantitative estimate of drug-likeness (QED) is 0.788. The van der Waals surface area contributed by atoms with Crippen molar-refractivity contribution >= 4 is 19.7 Å². The largest absolute Gasteiger partial charge is 0.417 e. The lowest BCUT2D eigenvalue weighted by Crippen LogP contribution is -2.29. The van der Waals surface area contributed by atoms with Crippen molar-refractivity contribution in [2.45, 2.75) is 36.9 Å². The number of nitrogens with zero attached hydrogens (tertiary/aromatic N) is 1. The summed E-state index contributed by atoms with van der Waals surface area (Å²) < 4.78 is 61.5. The van der Waals surface area contributed by atoms with Gasteiger partial charge in [-0.1, -0.05) is 12.5 Å². The van der Waals surface area contributed by atoms with Gasteiger partial charge in [-0.2, -0.15) is 13.2 Å². The molecule has 1 aromatic rings. The molecule has 8 heteroatoms. The van der Waals surface area contributed by atoms with E-state index < -0.39 is 25.7 Å². The highest BCUT2D eigenvalue weighted by Gasteiger charge is 2.37. The van der Waals surface area contributed by atoms with Crippen molar-refractivity contribution in [2.24, 2.45) is 0 Å². The summed E-state index contributed by atoms with van der Waals surface area (Å²) in [4.78, 5) is 1.17. The van der Waals surface area contributed by atoms with E-state index in [4.69, 9.17) is 10.7 Å². The average Bonchev–Trinajstić information content (AvgIpc) is 2.37. The summed E-state index contributed by atoms with van der Waals surface area (Å²) in [6.07, 6.45) is -1.57. The maximum Gasteiger partial charge on any atom is 0.417 e. The number of hydrogen-bond acceptors (Lipinski definition) is 3. The van der Waals surface area contributed by atoms with Crippen LogP contribution < -0.4 is 0 Å². The Labute approximate surface area is 126 Å². The molecular formula is C13H15ClF3NO2S. The van der Waals surface area contributed by atoms with E-state index in [9.17, 15) is 21.6 Å². The van der Waals surface area contributed by atoms with Gasteiger partial charge in [0.25, 0.3) is 9.05 Å². The summed E-state index contributed by atoms with van der Waals surface area (Å²) in [6.45, 7) is 2.07. The van der Waals surface area contributed by atoms with Crippen LogP contribution in [0.2, 0.25) is 0 Å². The molecule has 0 aromatic heterocycles. The fourth-order valence-corrected chi connectivity index (χ4v) is 3.56. The first-order valence-electron chi connectivity index (χ1n) is 6.55. The van der Waals surface area contributed by atoms with E-state index in [0.717, 1.165) is 44.5 Å². The van der Waals surface area contributed by atoms with Gasteiger partial charge in [-0.05, 0) is 43.6 Å². The topological polar surface area (TPSA) is 37.4 Å². The minimum absolute atomic E-state index is 0.381. The predicted molar refractivity (Wildman–Crippen MR) is 73.6 cm³/mol. The summed E-state index contributed by atoms with van der Waals surface area (Å²) in [6, 6.07) is 3.20. The molecule has 0 bridgehead atoms. The lowest BCUT2D eigenvalue weighted by Gasteiger charge is -2.26. The van der Waals surface area contributed by atoms with Crippen molar-refractivity contribution in [1.29, 1.82) is 0 Å². The third-order valence-corrected chi connectivity index (χ3v) is 4.85. The zero-order valence-electron chi connectivity index (χ0n) is 11.2. The Bertz CT molecular complexity index is 610. The summed E-state index contributed by atoms with van der Waals surface area (Å²) in [5.41, 5.74) is -0.764. The summed E-state index contributed by atoms with van der Waals surface area (Å²) >= 11 is 0. The SMILES string of the molecule is O=S(=O)(Cl)c1ccc(CN2CCCCC2)cc1C(F)(F)F. The van der Waals surface area contributed by atoms with Gasteiger partial charge in [-0.25, -0.2) is 8.42 Å². The number of rotatable bonds is 3. The van der Waals surface area contributed by atoms with Crippen LogP contribution in [0.15, 0.2) is 23.1 Å². The van der Waals surface area contributed by atoms with Crippen molar-refractivity contribution in [3.05, 3.63) is 29.3 Å². The number of hydrogen-bond donors (Lipinski definition) is 0. The van der Waals surface area contributed by atoms with Crippen LogP contribution in [0.5, 0.6) is 0 Å². The van der Waals surface area contributed by atoms with E-state index in [1.807, 2.05) is 0 Å². The first kappa shape index (κ1) is 16.6. The molecule has 118 valence electrons. The Balaban J connectivity index is 2.33. The third-order valence-electron chi connectivity index (χ3n) is 3.47. The highest BCUT2D eigenvalue weighted by molar-refractivity contribution is 8.13. The second-order valence-electron chi connectivity index (χ2n) is 5.10. The maximum atomic E-state index is 13.0. The van der Waals surface area contributed by atoms with E-state index in [2.05, 4.69) is 4.90 Å². The second kappa shape index (κ2) is 6.14. The van der Waals surface area contributed by atoms with Crippen molar-refractivity contribution in [3.63, 3.8) is 0 Å². The van der Waals surface area contributed by atoms with Gasteiger partial charge >= 0.3 is 6.18 Å². The molecular weight excluding hydrogens is 327 g/mol. The lowest BCUT2D eigenvalue weighted by molar-refractivity contribution is -0.139. The van der Waals surface area contributed by atoms with Gasteiger partial charge < -0.3 is 0 Å². The Morgan fingerprint density at radius 2 is 1.76 bits per heavy atom. The fraction of sp³-hybridized carbons (Fsp3) is 0.538. The molecule has 1 fully saturated rings. The average molecular weight is 342 g/mol. The zero-order chi connectivity index (χ0) is 15.7. The monoisotopic (exact) mass is 341 g/mol. The van der Waals surface area contributed by atoms with Gasteiger partial charge in [0.1, 0.15) is 0 Å². The molecule has 2 rings (SSSR count). The van der Waals surface area contributed by atoms with Crippen molar-refractivity contribution in [2.75, 3.05) is 13.1 Å². The van der Waals surface area contributed by atoms with Gasteiger partial charge in [-0.15, -0.1) is 0 Å². The molecule has 0 N–H and O–H groups in total. The van der Waals surface area contributed by atoms with Crippen LogP contribution in [0.25, 0.3) is 0 Å². The molecule has 1 aromatic carbocycles. The zero-order valence-corrected chi connectivity index (χ0v) is 12.7. The van der Waals surface area contributed by atoms with Gasteiger partial charge in [-0.3, -0.25) is 4.90 Å². The number of piperidine rings is 1. The first-order chi connectivity index (χ1) is 9.68. The van der Waals surface area contributed by atoms with Crippen LogP contribution in [0.1, 0.15) is 30.4 Å². The van der Waals surface area contributed by atoms with Crippen LogP contribution in [0, 0.1) is 0 Å². The smallest absolute Gasteiger partial charge is 0.299 e. The van der Waals surface area contributed by atoms with E-state index in [1.54, 1.807) is 0 Å². The molecule has 0 aliphatic carbocycles. The molecule has 3 nitrogen and oxygen atoms in total. The van der Waals surface area contributed by atoms with Crippen LogP contribution in [-0.2, 0) is 21.8 Å². The summed E-state index contributed by atoms with van der Waals surface area (Å²) in [7, 11) is 0.648. The second-order valence-corrected chi connectivity index (χ2v) is 7.64. The van der Waals surface area contributed by atoms with Crippen LogP contribution in [0.4, 0.5) is 13.2 Å². The van der Waals surface area contributed by atoms with Crippen LogP contribution in [-0.4, -0.2) is 26.4 Å². The summed E-state index contributed by atoms with van der Waals surface area (Å²) in [5.74, 6) is 0. The van der Waals surface area contributed by atoms with E-state index in [1.165, 1.54) is 6.07 Å².